The van der Waals surface area contributed by atoms with Crippen molar-refractivity contribution in [2.45, 2.75) is 33.4 Å². The van der Waals surface area contributed by atoms with Gasteiger partial charge < -0.3 is 19.3 Å². The molecule has 1 aliphatic rings. The summed E-state index contributed by atoms with van der Waals surface area (Å²) in [7, 11) is 1.25. The average molecular weight is 639 g/mol. The van der Waals surface area contributed by atoms with Crippen LogP contribution in [0.2, 0.25) is 0 Å². The lowest BCUT2D eigenvalue weighted by Gasteiger charge is -2.24. The van der Waals surface area contributed by atoms with Crippen LogP contribution in [-0.4, -0.2) is 50.9 Å². The zero-order valence-electron chi connectivity index (χ0n) is 25.5. The largest absolute Gasteiger partial charge is 0.505 e. The number of thiazole rings is 1. The van der Waals surface area contributed by atoms with Crippen LogP contribution in [0.4, 0.5) is 5.13 Å². The van der Waals surface area contributed by atoms with Crippen molar-refractivity contribution < 1.29 is 33.7 Å². The normalized spacial score (nSPS) is 15.8. The molecular weight excluding hydrogens is 608 g/mol. The fourth-order valence-electron chi connectivity index (χ4n) is 5.46. The summed E-state index contributed by atoms with van der Waals surface area (Å²) < 4.78 is 18.6. The number of aryl methyl sites for hydroxylation is 2. The Morgan fingerprint density at radius 2 is 1.72 bits per heavy atom. The molecule has 5 aromatic rings. The first-order chi connectivity index (χ1) is 22.2. The summed E-state index contributed by atoms with van der Waals surface area (Å²) in [6.45, 7) is 5.78. The van der Waals surface area contributed by atoms with Crippen LogP contribution in [-0.2, 0) is 20.9 Å². The SMILES string of the molecule is CCOc1cc(C2C(=C(O)c3c(C)nc4ccccn34)C(=O)C(=O)N2c2nc(C)c(C(=O)OC)s2)ccc1OCc1ccccc1. The number of fused-ring (bicyclic) bond motifs is 1. The Balaban J connectivity index is 1.53. The number of esters is 1. The highest BCUT2D eigenvalue weighted by molar-refractivity contribution is 7.17. The van der Waals surface area contributed by atoms with Crippen molar-refractivity contribution >= 4 is 45.5 Å². The Kier molecular flexibility index (Phi) is 8.29. The lowest BCUT2D eigenvalue weighted by Crippen LogP contribution is -2.29. The predicted octanol–water partition coefficient (Wildman–Crippen LogP) is 5.80. The number of rotatable bonds is 9. The third kappa shape index (κ3) is 5.36. The molecule has 1 N–H and O–H groups in total. The third-order valence-corrected chi connectivity index (χ3v) is 8.69. The summed E-state index contributed by atoms with van der Waals surface area (Å²) in [6.07, 6.45) is 1.72. The highest BCUT2D eigenvalue weighted by Gasteiger charge is 2.49. The van der Waals surface area contributed by atoms with E-state index in [1.807, 2.05) is 43.3 Å². The van der Waals surface area contributed by atoms with Crippen LogP contribution < -0.4 is 14.4 Å². The van der Waals surface area contributed by atoms with Crippen LogP contribution in [0.25, 0.3) is 11.4 Å². The summed E-state index contributed by atoms with van der Waals surface area (Å²) in [6, 6.07) is 19.0. The predicted molar refractivity (Wildman–Crippen MR) is 171 cm³/mol. The van der Waals surface area contributed by atoms with E-state index in [-0.39, 0.29) is 21.3 Å². The Hall–Kier alpha value is -5.49. The molecule has 0 saturated carbocycles. The van der Waals surface area contributed by atoms with Crippen LogP contribution in [0.3, 0.4) is 0 Å². The Morgan fingerprint density at radius 3 is 2.46 bits per heavy atom. The van der Waals surface area contributed by atoms with Gasteiger partial charge in [-0.2, -0.15) is 0 Å². The first kappa shape index (κ1) is 30.5. The maximum Gasteiger partial charge on any atom is 0.350 e. The smallest absolute Gasteiger partial charge is 0.350 e. The lowest BCUT2D eigenvalue weighted by atomic mass is 9.96. The van der Waals surface area contributed by atoms with E-state index in [9.17, 15) is 19.5 Å². The Morgan fingerprint density at radius 1 is 0.957 bits per heavy atom. The van der Waals surface area contributed by atoms with E-state index >= 15 is 0 Å². The van der Waals surface area contributed by atoms with Gasteiger partial charge in [-0.1, -0.05) is 53.8 Å². The molecule has 0 aliphatic carbocycles. The molecule has 11 nitrogen and oxygen atoms in total. The van der Waals surface area contributed by atoms with Crippen LogP contribution in [0.1, 0.15) is 50.8 Å². The van der Waals surface area contributed by atoms with Gasteiger partial charge in [0.15, 0.2) is 22.4 Å². The molecule has 12 heteroatoms. The topological polar surface area (TPSA) is 133 Å². The number of anilines is 1. The number of hydrogen-bond acceptors (Lipinski definition) is 10. The number of nitrogens with zero attached hydrogens (tertiary/aromatic N) is 4. The minimum atomic E-state index is -1.13. The Bertz CT molecular complexity index is 2010. The number of ketones is 1. The Labute approximate surface area is 268 Å². The summed E-state index contributed by atoms with van der Waals surface area (Å²) in [4.78, 5) is 50.5. The number of ether oxygens (including phenoxy) is 3. The number of aromatic nitrogens is 3. The molecule has 1 saturated heterocycles. The fourth-order valence-corrected chi connectivity index (χ4v) is 6.47. The van der Waals surface area contributed by atoms with E-state index in [0.29, 0.717) is 47.3 Å². The van der Waals surface area contributed by atoms with E-state index in [0.717, 1.165) is 16.9 Å². The van der Waals surface area contributed by atoms with Gasteiger partial charge in [0.05, 0.1) is 36.7 Å². The van der Waals surface area contributed by atoms with Gasteiger partial charge in [0.1, 0.15) is 22.8 Å². The van der Waals surface area contributed by atoms with Gasteiger partial charge in [-0.25, -0.2) is 14.8 Å². The molecule has 3 aromatic heterocycles. The van der Waals surface area contributed by atoms with Crippen LogP contribution >= 0.6 is 11.3 Å². The van der Waals surface area contributed by atoms with Crippen molar-refractivity contribution in [3.63, 3.8) is 0 Å². The highest BCUT2D eigenvalue weighted by atomic mass is 32.1. The van der Waals surface area contributed by atoms with E-state index < -0.39 is 29.5 Å². The number of aliphatic hydroxyl groups excluding tert-OH is 1. The summed E-state index contributed by atoms with van der Waals surface area (Å²) >= 11 is 0.923. The molecule has 1 amide bonds. The zero-order chi connectivity index (χ0) is 32.5. The number of carbonyl (C=O) groups excluding carboxylic acids is 3. The number of amides is 1. The van der Waals surface area contributed by atoms with E-state index in [1.54, 1.807) is 54.8 Å². The molecule has 1 fully saturated rings. The van der Waals surface area contributed by atoms with Gasteiger partial charge in [0.2, 0.25) is 0 Å². The monoisotopic (exact) mass is 638 g/mol. The van der Waals surface area contributed by atoms with Crippen LogP contribution in [0.15, 0.2) is 78.5 Å². The summed E-state index contributed by atoms with van der Waals surface area (Å²) in [5.74, 6) is -1.99. The number of benzene rings is 2. The average Bonchev–Trinajstić information content (AvgIpc) is 3.70. The number of methoxy groups -OCH3 is 1. The van der Waals surface area contributed by atoms with E-state index in [1.165, 1.54) is 12.0 Å². The van der Waals surface area contributed by atoms with Gasteiger partial charge in [-0.15, -0.1) is 0 Å². The maximum atomic E-state index is 13.9. The lowest BCUT2D eigenvalue weighted by molar-refractivity contribution is -0.132. The second kappa shape index (κ2) is 12.5. The minimum absolute atomic E-state index is 0.0984. The molecule has 46 heavy (non-hydrogen) atoms. The molecule has 4 heterocycles. The van der Waals surface area contributed by atoms with Gasteiger partial charge in [0, 0.05) is 6.20 Å². The molecular formula is C34H30N4O7S. The van der Waals surface area contributed by atoms with Crippen LogP contribution in [0.5, 0.6) is 11.5 Å². The molecule has 0 spiro atoms. The second-order valence-corrected chi connectivity index (χ2v) is 11.4. The van der Waals surface area contributed by atoms with Gasteiger partial charge >= 0.3 is 11.9 Å². The van der Waals surface area contributed by atoms with Crippen molar-refractivity contribution in [3.05, 3.63) is 112 Å². The molecule has 2 aromatic carbocycles. The second-order valence-electron chi connectivity index (χ2n) is 10.5. The number of carbonyl (C=O) groups is 3. The fraction of sp³-hybridized carbons (Fsp3) is 0.206. The first-order valence-corrected chi connectivity index (χ1v) is 15.3. The van der Waals surface area contributed by atoms with E-state index in [4.69, 9.17) is 14.2 Å². The number of imidazole rings is 1. The third-order valence-electron chi connectivity index (χ3n) is 7.56. The minimum Gasteiger partial charge on any atom is -0.505 e. The number of aliphatic hydroxyl groups is 1. The zero-order valence-corrected chi connectivity index (χ0v) is 26.3. The number of pyridine rings is 1. The summed E-state index contributed by atoms with van der Waals surface area (Å²) in [5, 5.41) is 12.0. The molecule has 0 bridgehead atoms. The van der Waals surface area contributed by atoms with Crippen molar-refractivity contribution in [3.8, 4) is 11.5 Å². The van der Waals surface area contributed by atoms with Gasteiger partial charge in [-0.05, 0) is 56.2 Å². The van der Waals surface area contributed by atoms with Crippen molar-refractivity contribution in [2.75, 3.05) is 18.6 Å². The molecule has 0 radical (unpaired) electrons. The van der Waals surface area contributed by atoms with Crippen molar-refractivity contribution in [2.24, 2.45) is 0 Å². The number of Topliss-reactive ketones (excluding diaryl/α,β-unsaturated/α-hetero) is 1. The maximum absolute atomic E-state index is 13.9. The number of hydrogen-bond donors (Lipinski definition) is 1. The standard InChI is InChI=1S/C34H30N4O7S/c1-5-44-24-17-22(14-15-23(24)45-18-21-11-7-6-8-12-21)28-26(29(39)27-19(2)35-25-13-9-10-16-37(25)27)30(40)32(41)38(28)34-36-20(3)31(46-34)33(42)43-4/h6-17,28,39H,5,18H2,1-4H3. The first-order valence-electron chi connectivity index (χ1n) is 14.5. The molecule has 1 atom stereocenters. The van der Waals surface area contributed by atoms with Gasteiger partial charge in [-0.3, -0.25) is 18.9 Å². The molecule has 1 aliphatic heterocycles. The quantitative estimate of drug-likeness (QED) is 0.0921. The molecule has 1 unspecified atom stereocenters. The van der Waals surface area contributed by atoms with Crippen molar-refractivity contribution in [1.82, 2.24) is 14.4 Å². The molecule has 234 valence electrons. The van der Waals surface area contributed by atoms with Crippen molar-refractivity contribution in [1.29, 1.82) is 0 Å². The summed E-state index contributed by atoms with van der Waals surface area (Å²) in [5.41, 5.74) is 2.89. The van der Waals surface area contributed by atoms with E-state index in [2.05, 4.69) is 9.97 Å². The molecule has 6 rings (SSSR count). The van der Waals surface area contributed by atoms with Crippen LogP contribution in [0, 0.1) is 13.8 Å². The highest BCUT2D eigenvalue weighted by Crippen LogP contribution is 2.46. The van der Waals surface area contributed by atoms with Gasteiger partial charge in [0.25, 0.3) is 5.78 Å².